The van der Waals surface area contributed by atoms with Crippen LogP contribution in [-0.4, -0.2) is 43.4 Å². The second kappa shape index (κ2) is 10.2. The topological polar surface area (TPSA) is 120 Å². The van der Waals surface area contributed by atoms with Crippen LogP contribution in [0, 0.1) is 0 Å². The third-order valence-electron chi connectivity index (χ3n) is 3.60. The van der Waals surface area contributed by atoms with Crippen LogP contribution in [0.5, 0.6) is 11.5 Å². The third-order valence-corrected chi connectivity index (χ3v) is 4.53. The molecule has 0 aromatic heterocycles. The molecule has 0 radical (unpaired) electrons. The zero-order valence-corrected chi connectivity index (χ0v) is 16.3. The molecule has 8 nitrogen and oxygen atoms in total. The van der Waals surface area contributed by atoms with Gasteiger partial charge in [0, 0.05) is 11.8 Å². The Bertz CT molecular complexity index is 872. The molecular formula is C19H21N3O5S. The summed E-state index contributed by atoms with van der Waals surface area (Å²) in [7, 11) is 3.04. The molecule has 3 amide bonds. The zero-order chi connectivity index (χ0) is 20.5. The van der Waals surface area contributed by atoms with Gasteiger partial charge in [0.05, 0.1) is 37.0 Å². The maximum atomic E-state index is 12.1. The van der Waals surface area contributed by atoms with Gasteiger partial charge in [-0.3, -0.25) is 14.4 Å². The van der Waals surface area contributed by atoms with Crippen molar-refractivity contribution in [1.29, 1.82) is 0 Å². The van der Waals surface area contributed by atoms with Crippen LogP contribution in [0.4, 0.5) is 11.4 Å². The number of carbonyl (C=O) groups excluding carboxylic acids is 3. The van der Waals surface area contributed by atoms with Gasteiger partial charge in [0.1, 0.15) is 0 Å². The highest BCUT2D eigenvalue weighted by atomic mass is 32.2. The number of amides is 3. The summed E-state index contributed by atoms with van der Waals surface area (Å²) in [5.41, 5.74) is 6.41. The first-order chi connectivity index (χ1) is 13.4. The molecule has 0 atom stereocenters. The molecule has 0 aliphatic rings. The van der Waals surface area contributed by atoms with Crippen molar-refractivity contribution in [1.82, 2.24) is 0 Å². The Kier molecular flexibility index (Phi) is 7.70. The smallest absolute Gasteiger partial charge is 0.250 e. The minimum atomic E-state index is -0.627. The fourth-order valence-corrected chi connectivity index (χ4v) is 2.96. The van der Waals surface area contributed by atoms with Gasteiger partial charge in [0.15, 0.2) is 11.5 Å². The van der Waals surface area contributed by atoms with E-state index in [1.54, 1.807) is 36.4 Å². The average Bonchev–Trinajstić information content (AvgIpc) is 2.68. The Labute approximate surface area is 166 Å². The fourth-order valence-electron chi connectivity index (χ4n) is 2.34. The quantitative estimate of drug-likeness (QED) is 0.590. The van der Waals surface area contributed by atoms with Crippen LogP contribution in [0.15, 0.2) is 42.5 Å². The van der Waals surface area contributed by atoms with E-state index in [1.807, 2.05) is 0 Å². The van der Waals surface area contributed by atoms with Gasteiger partial charge in [-0.2, -0.15) is 0 Å². The van der Waals surface area contributed by atoms with Crippen LogP contribution < -0.4 is 25.8 Å². The lowest BCUT2D eigenvalue weighted by atomic mass is 10.1. The molecule has 0 saturated carbocycles. The van der Waals surface area contributed by atoms with E-state index < -0.39 is 5.91 Å². The van der Waals surface area contributed by atoms with E-state index in [0.717, 1.165) is 11.8 Å². The molecule has 0 aliphatic heterocycles. The van der Waals surface area contributed by atoms with E-state index in [4.69, 9.17) is 15.2 Å². The van der Waals surface area contributed by atoms with Crippen molar-refractivity contribution in [2.45, 2.75) is 0 Å². The standard InChI is InChI=1S/C19H21N3O5S/c1-26-15-8-7-12(9-16(15)27-2)21-17(23)10-28-11-18(24)22-14-6-4-3-5-13(14)19(20)25/h3-9H,10-11H2,1-2H3,(H2,20,25)(H,21,23)(H,22,24). The van der Waals surface area contributed by atoms with E-state index in [2.05, 4.69) is 10.6 Å². The monoisotopic (exact) mass is 403 g/mol. The second-order valence-electron chi connectivity index (χ2n) is 5.57. The number of carbonyl (C=O) groups is 3. The number of para-hydroxylation sites is 1. The number of rotatable bonds is 9. The summed E-state index contributed by atoms with van der Waals surface area (Å²) < 4.78 is 10.3. The van der Waals surface area contributed by atoms with Crippen LogP contribution in [0.2, 0.25) is 0 Å². The first kappa shape index (κ1) is 21.1. The number of anilines is 2. The van der Waals surface area contributed by atoms with Gasteiger partial charge in [-0.05, 0) is 24.3 Å². The first-order valence-corrected chi connectivity index (χ1v) is 9.38. The molecular weight excluding hydrogens is 382 g/mol. The molecule has 0 aliphatic carbocycles. The van der Waals surface area contributed by atoms with Crippen molar-refractivity contribution in [2.75, 3.05) is 36.4 Å². The molecule has 9 heteroatoms. The Balaban J connectivity index is 1.82. The molecule has 0 saturated heterocycles. The van der Waals surface area contributed by atoms with Crippen molar-refractivity contribution in [3.05, 3.63) is 48.0 Å². The summed E-state index contributed by atoms with van der Waals surface area (Å²) in [5, 5.41) is 5.35. The fraction of sp³-hybridized carbons (Fsp3) is 0.211. The van der Waals surface area contributed by atoms with Gasteiger partial charge in [-0.15, -0.1) is 11.8 Å². The molecule has 148 valence electrons. The zero-order valence-electron chi connectivity index (χ0n) is 15.5. The minimum Gasteiger partial charge on any atom is -0.493 e. The average molecular weight is 403 g/mol. The van der Waals surface area contributed by atoms with E-state index in [1.165, 1.54) is 20.3 Å². The van der Waals surface area contributed by atoms with Crippen molar-refractivity contribution in [3.8, 4) is 11.5 Å². The van der Waals surface area contributed by atoms with Crippen LogP contribution in [0.1, 0.15) is 10.4 Å². The molecule has 28 heavy (non-hydrogen) atoms. The Morgan fingerprint density at radius 3 is 2.21 bits per heavy atom. The number of nitrogens with two attached hydrogens (primary N) is 1. The maximum Gasteiger partial charge on any atom is 0.250 e. The molecule has 0 spiro atoms. The SMILES string of the molecule is COc1ccc(NC(=O)CSCC(=O)Nc2ccccc2C(N)=O)cc1OC. The molecule has 0 heterocycles. The Hall–Kier alpha value is -3.20. The van der Waals surface area contributed by atoms with E-state index in [9.17, 15) is 14.4 Å². The van der Waals surface area contributed by atoms with Crippen molar-refractivity contribution in [3.63, 3.8) is 0 Å². The van der Waals surface area contributed by atoms with Crippen LogP contribution >= 0.6 is 11.8 Å². The molecule has 4 N–H and O–H groups in total. The number of hydrogen-bond donors (Lipinski definition) is 3. The number of ether oxygens (including phenoxy) is 2. The molecule has 0 fully saturated rings. The summed E-state index contributed by atoms with van der Waals surface area (Å²) in [5.74, 6) is -0.0349. The molecule has 2 rings (SSSR count). The largest absolute Gasteiger partial charge is 0.493 e. The number of primary amides is 1. The summed E-state index contributed by atoms with van der Waals surface area (Å²) >= 11 is 1.14. The normalized spacial score (nSPS) is 10.1. The van der Waals surface area contributed by atoms with Gasteiger partial charge in [0.2, 0.25) is 11.8 Å². The van der Waals surface area contributed by atoms with Crippen LogP contribution in [0.3, 0.4) is 0 Å². The number of nitrogens with one attached hydrogen (secondary N) is 2. The number of methoxy groups -OCH3 is 2. The predicted octanol–water partition coefficient (Wildman–Crippen LogP) is 2.11. The van der Waals surface area contributed by atoms with Crippen LogP contribution in [-0.2, 0) is 9.59 Å². The van der Waals surface area contributed by atoms with E-state index in [-0.39, 0.29) is 28.9 Å². The second-order valence-corrected chi connectivity index (χ2v) is 6.55. The summed E-state index contributed by atoms with van der Waals surface area (Å²) in [4.78, 5) is 35.5. The van der Waals surface area contributed by atoms with Gasteiger partial charge in [-0.1, -0.05) is 12.1 Å². The molecule has 0 unspecified atom stereocenters. The van der Waals surface area contributed by atoms with Gasteiger partial charge in [-0.25, -0.2) is 0 Å². The van der Waals surface area contributed by atoms with Crippen LogP contribution in [0.25, 0.3) is 0 Å². The van der Waals surface area contributed by atoms with E-state index in [0.29, 0.717) is 22.9 Å². The van der Waals surface area contributed by atoms with Gasteiger partial charge >= 0.3 is 0 Å². The summed E-state index contributed by atoms with van der Waals surface area (Å²) in [6.45, 7) is 0. The predicted molar refractivity (Wildman–Crippen MR) is 109 cm³/mol. The highest BCUT2D eigenvalue weighted by molar-refractivity contribution is 8.00. The molecule has 0 bridgehead atoms. The Morgan fingerprint density at radius 1 is 0.929 bits per heavy atom. The molecule has 2 aromatic carbocycles. The van der Waals surface area contributed by atoms with Crippen molar-refractivity contribution < 1.29 is 23.9 Å². The maximum absolute atomic E-state index is 12.1. The van der Waals surface area contributed by atoms with E-state index >= 15 is 0 Å². The lowest BCUT2D eigenvalue weighted by Gasteiger charge is -2.11. The van der Waals surface area contributed by atoms with Crippen molar-refractivity contribution >= 4 is 40.9 Å². The summed E-state index contributed by atoms with van der Waals surface area (Å²) in [6.07, 6.45) is 0. The Morgan fingerprint density at radius 2 is 1.57 bits per heavy atom. The lowest BCUT2D eigenvalue weighted by Crippen LogP contribution is -2.21. The number of thioether (sulfide) groups is 1. The van der Waals surface area contributed by atoms with Gasteiger partial charge < -0.3 is 25.8 Å². The highest BCUT2D eigenvalue weighted by Crippen LogP contribution is 2.29. The van der Waals surface area contributed by atoms with Gasteiger partial charge in [0.25, 0.3) is 5.91 Å². The minimum absolute atomic E-state index is 0.0481. The first-order valence-electron chi connectivity index (χ1n) is 8.23. The van der Waals surface area contributed by atoms with Crippen molar-refractivity contribution in [2.24, 2.45) is 5.73 Å². The molecule has 2 aromatic rings. The summed E-state index contributed by atoms with van der Waals surface area (Å²) in [6, 6.07) is 11.5. The lowest BCUT2D eigenvalue weighted by molar-refractivity contribution is -0.114. The third kappa shape index (κ3) is 5.92. The highest BCUT2D eigenvalue weighted by Gasteiger charge is 2.12. The number of hydrogen-bond acceptors (Lipinski definition) is 6. The number of benzene rings is 2.